The standard InChI is InChI=1S/C11H11ClF2/c1-6-2-3-7(12)11-9(14)5-4-8(13)10(6)11/h4-7H,2-3H2,1H3. The van der Waals surface area contributed by atoms with Crippen LogP contribution in [0.25, 0.3) is 0 Å². The first-order valence-electron chi connectivity index (χ1n) is 4.73. The van der Waals surface area contributed by atoms with Crippen molar-refractivity contribution in [3.05, 3.63) is 34.9 Å². The number of hydrogen-bond acceptors (Lipinski definition) is 0. The molecular weight excluding hydrogens is 206 g/mol. The Balaban J connectivity index is 2.65. The summed E-state index contributed by atoms with van der Waals surface area (Å²) in [5.74, 6) is -0.650. The third-order valence-electron chi connectivity index (χ3n) is 2.84. The van der Waals surface area contributed by atoms with Crippen molar-refractivity contribution in [3.8, 4) is 0 Å². The summed E-state index contributed by atoms with van der Waals surface area (Å²) in [4.78, 5) is 0. The molecular formula is C11H11ClF2. The van der Waals surface area contributed by atoms with Crippen LogP contribution in [-0.4, -0.2) is 0 Å². The van der Waals surface area contributed by atoms with Crippen LogP contribution in [0.2, 0.25) is 0 Å². The number of rotatable bonds is 0. The fraction of sp³-hybridized carbons (Fsp3) is 0.455. The number of fused-ring (bicyclic) bond motifs is 1. The molecule has 0 amide bonds. The monoisotopic (exact) mass is 216 g/mol. The maximum atomic E-state index is 13.4. The lowest BCUT2D eigenvalue weighted by molar-refractivity contribution is 0.496. The topological polar surface area (TPSA) is 0 Å². The minimum Gasteiger partial charge on any atom is -0.207 e. The highest BCUT2D eigenvalue weighted by Gasteiger charge is 2.28. The van der Waals surface area contributed by atoms with Gasteiger partial charge in [-0.1, -0.05) is 6.92 Å². The SMILES string of the molecule is CC1CCC(Cl)c2c(F)ccc(F)c21. The molecule has 1 aromatic carbocycles. The molecule has 0 spiro atoms. The van der Waals surface area contributed by atoms with E-state index in [9.17, 15) is 8.78 Å². The van der Waals surface area contributed by atoms with Crippen molar-refractivity contribution < 1.29 is 8.78 Å². The van der Waals surface area contributed by atoms with E-state index in [2.05, 4.69) is 0 Å². The summed E-state index contributed by atoms with van der Waals surface area (Å²) in [7, 11) is 0. The summed E-state index contributed by atoms with van der Waals surface area (Å²) in [6.45, 7) is 1.91. The van der Waals surface area contributed by atoms with Crippen LogP contribution < -0.4 is 0 Å². The van der Waals surface area contributed by atoms with Gasteiger partial charge in [0.2, 0.25) is 0 Å². The number of hydrogen-bond donors (Lipinski definition) is 0. The lowest BCUT2D eigenvalue weighted by atomic mass is 9.83. The fourth-order valence-corrected chi connectivity index (χ4v) is 2.44. The molecule has 0 aromatic heterocycles. The molecule has 1 aromatic rings. The van der Waals surface area contributed by atoms with Gasteiger partial charge in [-0.25, -0.2) is 8.78 Å². The Morgan fingerprint density at radius 2 is 1.71 bits per heavy atom. The minimum atomic E-state index is -0.382. The van der Waals surface area contributed by atoms with Crippen molar-refractivity contribution in [2.75, 3.05) is 0 Å². The summed E-state index contributed by atoms with van der Waals surface area (Å²) < 4.78 is 26.9. The zero-order chi connectivity index (χ0) is 10.3. The van der Waals surface area contributed by atoms with Crippen LogP contribution in [0.1, 0.15) is 42.2 Å². The molecule has 0 fully saturated rings. The predicted molar refractivity (Wildman–Crippen MR) is 52.6 cm³/mol. The van der Waals surface area contributed by atoms with E-state index in [4.69, 9.17) is 11.6 Å². The van der Waals surface area contributed by atoms with Crippen LogP contribution in [-0.2, 0) is 0 Å². The molecule has 0 nitrogen and oxygen atoms in total. The second-order valence-electron chi connectivity index (χ2n) is 3.80. The van der Waals surface area contributed by atoms with Crippen LogP contribution in [0, 0.1) is 11.6 Å². The normalized spacial score (nSPS) is 26.0. The van der Waals surface area contributed by atoms with Crippen LogP contribution in [0.5, 0.6) is 0 Å². The highest BCUT2D eigenvalue weighted by molar-refractivity contribution is 6.21. The Kier molecular flexibility index (Phi) is 2.48. The van der Waals surface area contributed by atoms with E-state index in [1.807, 2.05) is 6.92 Å². The molecule has 14 heavy (non-hydrogen) atoms. The van der Waals surface area contributed by atoms with Gasteiger partial charge >= 0.3 is 0 Å². The minimum absolute atomic E-state index is 0.0655. The fourth-order valence-electron chi connectivity index (χ4n) is 2.09. The zero-order valence-corrected chi connectivity index (χ0v) is 8.61. The molecule has 76 valence electrons. The van der Waals surface area contributed by atoms with Crippen molar-refractivity contribution >= 4 is 11.6 Å². The lowest BCUT2D eigenvalue weighted by Crippen LogP contribution is -2.13. The van der Waals surface area contributed by atoms with Gasteiger partial charge in [0.1, 0.15) is 11.6 Å². The maximum absolute atomic E-state index is 13.4. The second-order valence-corrected chi connectivity index (χ2v) is 4.33. The number of benzene rings is 1. The molecule has 0 heterocycles. The Bertz CT molecular complexity index is 328. The molecule has 0 aliphatic heterocycles. The summed E-state index contributed by atoms with van der Waals surface area (Å²) in [6.07, 6.45) is 1.54. The van der Waals surface area contributed by atoms with Crippen molar-refractivity contribution in [1.82, 2.24) is 0 Å². The third-order valence-corrected chi connectivity index (χ3v) is 3.28. The van der Waals surface area contributed by atoms with Gasteiger partial charge in [0, 0.05) is 5.56 Å². The number of alkyl halides is 1. The van der Waals surface area contributed by atoms with E-state index in [1.54, 1.807) is 0 Å². The summed E-state index contributed by atoms with van der Waals surface area (Å²) >= 11 is 5.98. The first-order valence-corrected chi connectivity index (χ1v) is 5.16. The largest absolute Gasteiger partial charge is 0.207 e. The highest BCUT2D eigenvalue weighted by Crippen LogP contribution is 2.42. The van der Waals surface area contributed by atoms with E-state index >= 15 is 0 Å². The summed E-state index contributed by atoms with van der Waals surface area (Å²) in [5, 5.41) is -0.378. The van der Waals surface area contributed by atoms with Gasteiger partial charge in [0.25, 0.3) is 0 Å². The van der Waals surface area contributed by atoms with Gasteiger partial charge in [-0.3, -0.25) is 0 Å². The van der Waals surface area contributed by atoms with Gasteiger partial charge in [-0.2, -0.15) is 0 Å². The van der Waals surface area contributed by atoms with Gasteiger partial charge in [0.05, 0.1) is 5.38 Å². The van der Waals surface area contributed by atoms with Crippen molar-refractivity contribution in [1.29, 1.82) is 0 Å². The van der Waals surface area contributed by atoms with E-state index in [1.165, 1.54) is 6.07 Å². The smallest absolute Gasteiger partial charge is 0.128 e. The molecule has 0 saturated carbocycles. The molecule has 0 bridgehead atoms. The average molecular weight is 217 g/mol. The second kappa shape index (κ2) is 3.50. The lowest BCUT2D eigenvalue weighted by Gasteiger charge is -2.26. The van der Waals surface area contributed by atoms with Gasteiger partial charge in [0.15, 0.2) is 0 Å². The van der Waals surface area contributed by atoms with E-state index in [0.717, 1.165) is 18.9 Å². The zero-order valence-electron chi connectivity index (χ0n) is 7.86. The van der Waals surface area contributed by atoms with E-state index in [-0.39, 0.29) is 22.9 Å². The Hall–Kier alpha value is -0.630. The van der Waals surface area contributed by atoms with Gasteiger partial charge < -0.3 is 0 Å². The third kappa shape index (κ3) is 1.42. The van der Waals surface area contributed by atoms with Crippen molar-refractivity contribution in [3.63, 3.8) is 0 Å². The van der Waals surface area contributed by atoms with Gasteiger partial charge in [-0.15, -0.1) is 11.6 Å². The van der Waals surface area contributed by atoms with Crippen molar-refractivity contribution in [2.24, 2.45) is 0 Å². The molecule has 1 aliphatic carbocycles. The summed E-state index contributed by atoms with van der Waals surface area (Å²) in [5.41, 5.74) is 0.835. The van der Waals surface area contributed by atoms with Gasteiger partial charge in [-0.05, 0) is 36.5 Å². The molecule has 0 radical (unpaired) electrons. The van der Waals surface area contributed by atoms with E-state index in [0.29, 0.717) is 11.1 Å². The molecule has 1 aliphatic rings. The van der Waals surface area contributed by atoms with Crippen LogP contribution in [0.3, 0.4) is 0 Å². The molecule has 0 saturated heterocycles. The molecule has 2 rings (SSSR count). The van der Waals surface area contributed by atoms with Crippen LogP contribution in [0.4, 0.5) is 8.78 Å². The van der Waals surface area contributed by atoms with E-state index < -0.39 is 0 Å². The molecule has 2 atom stereocenters. The van der Waals surface area contributed by atoms with Crippen molar-refractivity contribution in [2.45, 2.75) is 31.1 Å². The number of halogens is 3. The summed E-state index contributed by atoms with van der Waals surface area (Å²) in [6, 6.07) is 2.33. The maximum Gasteiger partial charge on any atom is 0.128 e. The first-order chi connectivity index (χ1) is 6.61. The quantitative estimate of drug-likeness (QED) is 0.572. The molecule has 3 heteroatoms. The predicted octanol–water partition coefficient (Wildman–Crippen LogP) is 4.14. The molecule has 2 unspecified atom stereocenters. The Labute approximate surface area is 86.9 Å². The Morgan fingerprint density at radius 3 is 2.29 bits per heavy atom. The average Bonchev–Trinajstić information content (AvgIpc) is 2.16. The van der Waals surface area contributed by atoms with Crippen LogP contribution in [0.15, 0.2) is 12.1 Å². The van der Waals surface area contributed by atoms with Crippen LogP contribution >= 0.6 is 11.6 Å². The molecule has 0 N–H and O–H groups in total. The Morgan fingerprint density at radius 1 is 1.14 bits per heavy atom. The highest BCUT2D eigenvalue weighted by atomic mass is 35.5. The first kappa shape index (κ1) is 9.91.